The van der Waals surface area contributed by atoms with E-state index in [9.17, 15) is 16.8 Å². The molecular formula is C11H25NaO7S2. The molecule has 0 spiro atoms. The average molecular weight is 356 g/mol. The predicted octanol–water partition coefficient (Wildman–Crippen LogP) is 0.858. The van der Waals surface area contributed by atoms with Gasteiger partial charge in [-0.05, 0) is 13.3 Å². The molecule has 0 aliphatic carbocycles. The number of rotatable bonds is 11. The number of unbranched alkanes of at least 4 members (excludes halogenated alkanes) is 3. The molecule has 1 atom stereocenters. The number of hydrogen-bond donors (Lipinski definition) is 2. The molecule has 1 unspecified atom stereocenters. The quantitative estimate of drug-likeness (QED) is 0.320. The molecule has 0 heterocycles. The first-order valence-electron chi connectivity index (χ1n) is 6.59. The van der Waals surface area contributed by atoms with Crippen LogP contribution in [0.25, 0.3) is 0 Å². The van der Waals surface area contributed by atoms with Crippen molar-refractivity contribution in [3.63, 3.8) is 0 Å². The van der Waals surface area contributed by atoms with E-state index in [0.29, 0.717) is 6.42 Å². The van der Waals surface area contributed by atoms with Crippen molar-refractivity contribution in [2.75, 3.05) is 11.5 Å². The van der Waals surface area contributed by atoms with Crippen LogP contribution in [0.5, 0.6) is 0 Å². The summed E-state index contributed by atoms with van der Waals surface area (Å²) in [7, 11) is -8.74. The fourth-order valence-corrected chi connectivity index (χ4v) is 3.33. The summed E-state index contributed by atoms with van der Waals surface area (Å²) in [5.74, 6) is -1.71. The van der Waals surface area contributed by atoms with Crippen molar-refractivity contribution in [1.29, 1.82) is 0 Å². The van der Waals surface area contributed by atoms with Crippen molar-refractivity contribution in [2.24, 2.45) is 0 Å². The molecule has 21 heavy (non-hydrogen) atoms. The Morgan fingerprint density at radius 2 is 1.43 bits per heavy atom. The van der Waals surface area contributed by atoms with Crippen LogP contribution in [0.3, 0.4) is 0 Å². The van der Waals surface area contributed by atoms with Crippen LogP contribution in [0.15, 0.2) is 0 Å². The third kappa shape index (κ3) is 17.0. The van der Waals surface area contributed by atoms with Gasteiger partial charge in [-0.3, -0.25) is 9.11 Å². The van der Waals surface area contributed by atoms with Gasteiger partial charge in [-0.25, -0.2) is 0 Å². The molecule has 10 heteroatoms. The Kier molecular flexibility index (Phi) is 13.0. The molecule has 0 fully saturated rings. The summed E-state index contributed by atoms with van der Waals surface area (Å²) in [6.07, 6.45) is 3.12. The minimum absolute atomic E-state index is 0. The predicted molar refractivity (Wildman–Crippen MR) is 83.1 cm³/mol. The molecule has 2 N–H and O–H groups in total. The summed E-state index contributed by atoms with van der Waals surface area (Å²) in [4.78, 5) is 0. The Balaban J connectivity index is 0. The first-order valence-corrected chi connectivity index (χ1v) is 9.81. The Morgan fingerprint density at radius 3 is 1.81 bits per heavy atom. The van der Waals surface area contributed by atoms with Gasteiger partial charge in [0.2, 0.25) is 0 Å². The van der Waals surface area contributed by atoms with Crippen molar-refractivity contribution < 1.29 is 30.7 Å². The van der Waals surface area contributed by atoms with Crippen LogP contribution in [0.2, 0.25) is 0 Å². The molecule has 0 amide bonds. The van der Waals surface area contributed by atoms with E-state index in [-0.39, 0.29) is 35.7 Å². The van der Waals surface area contributed by atoms with Crippen LogP contribution in [-0.2, 0) is 25.0 Å². The second kappa shape index (κ2) is 11.3. The fourth-order valence-electron chi connectivity index (χ4n) is 1.85. The van der Waals surface area contributed by atoms with E-state index in [4.69, 9.17) is 13.8 Å². The second-order valence-corrected chi connectivity index (χ2v) is 7.91. The molecule has 0 aliphatic rings. The monoisotopic (exact) mass is 356 g/mol. The van der Waals surface area contributed by atoms with Crippen molar-refractivity contribution >= 4 is 49.8 Å². The Hall–Kier alpha value is 0.780. The molecule has 0 saturated heterocycles. The molecule has 0 aromatic rings. The summed E-state index contributed by atoms with van der Waals surface area (Å²) in [6, 6.07) is 0. The molecule has 0 aliphatic heterocycles. The summed E-state index contributed by atoms with van der Waals surface area (Å²) in [6.45, 7) is 3.78. The third-order valence-electron chi connectivity index (χ3n) is 2.68. The molecule has 0 aromatic carbocycles. The van der Waals surface area contributed by atoms with Crippen LogP contribution in [0, 0.1) is 0 Å². The van der Waals surface area contributed by atoms with Crippen molar-refractivity contribution in [1.82, 2.24) is 0 Å². The van der Waals surface area contributed by atoms with Crippen LogP contribution >= 0.6 is 0 Å². The van der Waals surface area contributed by atoms with E-state index in [1.54, 1.807) is 6.92 Å². The summed E-state index contributed by atoms with van der Waals surface area (Å²) in [5.41, 5.74) is 0. The van der Waals surface area contributed by atoms with E-state index >= 15 is 0 Å². The van der Waals surface area contributed by atoms with E-state index in [1.165, 1.54) is 0 Å². The Bertz CT molecular complexity index is 427. The van der Waals surface area contributed by atoms with Gasteiger partial charge in [0.25, 0.3) is 20.2 Å². The van der Waals surface area contributed by atoms with E-state index in [0.717, 1.165) is 25.7 Å². The van der Waals surface area contributed by atoms with E-state index < -0.39 is 37.8 Å². The molecule has 124 valence electrons. The third-order valence-corrected chi connectivity index (χ3v) is 4.27. The van der Waals surface area contributed by atoms with Crippen LogP contribution < -0.4 is 0 Å². The van der Waals surface area contributed by atoms with Gasteiger partial charge in [-0.1, -0.05) is 32.6 Å². The summed E-state index contributed by atoms with van der Waals surface area (Å²) < 4.78 is 66.1. The van der Waals surface area contributed by atoms with Gasteiger partial charge >= 0.3 is 29.6 Å². The van der Waals surface area contributed by atoms with Gasteiger partial charge in [0.15, 0.2) is 0 Å². The van der Waals surface area contributed by atoms with Crippen molar-refractivity contribution in [2.45, 2.75) is 58.2 Å². The van der Waals surface area contributed by atoms with Crippen molar-refractivity contribution in [3.05, 3.63) is 0 Å². The zero-order chi connectivity index (χ0) is 15.8. The minimum atomic E-state index is -4.37. The van der Waals surface area contributed by atoms with Crippen molar-refractivity contribution in [3.8, 4) is 0 Å². The average Bonchev–Trinajstić information content (AvgIpc) is 2.19. The molecule has 0 rings (SSSR count). The van der Waals surface area contributed by atoms with Gasteiger partial charge in [-0.15, -0.1) is 0 Å². The van der Waals surface area contributed by atoms with Crippen LogP contribution in [0.1, 0.15) is 46.0 Å². The van der Waals surface area contributed by atoms with Crippen LogP contribution in [0.4, 0.5) is 0 Å². The zero-order valence-corrected chi connectivity index (χ0v) is 13.5. The molecule has 0 saturated carbocycles. The molecule has 0 radical (unpaired) electrons. The van der Waals surface area contributed by atoms with Gasteiger partial charge in [0.05, 0.1) is 12.2 Å². The Labute approximate surface area is 149 Å². The molecular weight excluding hydrogens is 331 g/mol. The maximum absolute atomic E-state index is 10.8. The first-order chi connectivity index (χ1) is 9.03. The molecule has 0 aromatic heterocycles. The molecule has 7 nitrogen and oxygen atoms in total. The van der Waals surface area contributed by atoms with Crippen LogP contribution in [-0.4, -0.2) is 79.2 Å². The van der Waals surface area contributed by atoms with Gasteiger partial charge in [0.1, 0.15) is 11.5 Å². The second-order valence-electron chi connectivity index (χ2n) is 4.92. The Morgan fingerprint density at radius 1 is 0.952 bits per heavy atom. The SMILES string of the molecule is CCCCCCC(C)OC(CS(=O)(=O)O)CS(=O)(=O)O.[NaH]. The number of hydrogen-bond acceptors (Lipinski definition) is 5. The van der Waals surface area contributed by atoms with Gasteiger partial charge in [0, 0.05) is 0 Å². The fraction of sp³-hybridized carbons (Fsp3) is 1.00. The first kappa shape index (κ1) is 24.0. The van der Waals surface area contributed by atoms with E-state index in [1.807, 2.05) is 0 Å². The van der Waals surface area contributed by atoms with E-state index in [2.05, 4.69) is 6.92 Å². The van der Waals surface area contributed by atoms with Gasteiger partial charge < -0.3 is 4.74 Å². The molecule has 0 bridgehead atoms. The maximum atomic E-state index is 10.8. The van der Waals surface area contributed by atoms with Gasteiger partial charge in [-0.2, -0.15) is 16.8 Å². The standard InChI is InChI=1S/C11H24O7S2.Na.H/c1-3-4-5-6-7-10(2)18-11(8-19(12,13)14)9-20(15,16)17;;/h10-11H,3-9H2,1-2H3,(H,12,13,14)(H,15,16,17);;. The normalized spacial score (nSPS) is 14.0. The summed E-state index contributed by atoms with van der Waals surface area (Å²) >= 11 is 0. The zero-order valence-electron chi connectivity index (χ0n) is 11.9. The number of ether oxygens (including phenoxy) is 1. The summed E-state index contributed by atoms with van der Waals surface area (Å²) in [5, 5.41) is 0. The topological polar surface area (TPSA) is 118 Å².